The minimum Gasteiger partial charge on any atom is -0.375 e. The van der Waals surface area contributed by atoms with Crippen molar-refractivity contribution in [1.82, 2.24) is 29.2 Å². The first-order valence-corrected chi connectivity index (χ1v) is 13.3. The van der Waals surface area contributed by atoms with Crippen molar-refractivity contribution in [2.75, 3.05) is 43.4 Å². The highest BCUT2D eigenvalue weighted by Crippen LogP contribution is 2.47. The molecule has 1 saturated heterocycles. The molecule has 0 unspecified atom stereocenters. The maximum absolute atomic E-state index is 13.8. The first-order chi connectivity index (χ1) is 19.6. The van der Waals surface area contributed by atoms with Crippen LogP contribution in [0.15, 0.2) is 60.0 Å². The number of aliphatic hydroxyl groups is 1. The van der Waals surface area contributed by atoms with Gasteiger partial charge in [0.1, 0.15) is 5.39 Å². The topological polar surface area (TPSA) is 104 Å². The summed E-state index contributed by atoms with van der Waals surface area (Å²) in [7, 11) is 2.11. The zero-order valence-corrected chi connectivity index (χ0v) is 22.4. The van der Waals surface area contributed by atoms with E-state index in [9.17, 15) is 23.1 Å². The predicted molar refractivity (Wildman–Crippen MR) is 149 cm³/mol. The lowest BCUT2D eigenvalue weighted by molar-refractivity contribution is -0.266. The maximum Gasteiger partial charge on any atom is 0.423 e. The molecule has 6 rings (SSSR count). The zero-order valence-electron chi connectivity index (χ0n) is 22.4. The van der Waals surface area contributed by atoms with Gasteiger partial charge in [0.2, 0.25) is 11.5 Å². The minimum atomic E-state index is -4.90. The molecule has 1 fully saturated rings. The van der Waals surface area contributed by atoms with E-state index in [2.05, 4.69) is 43.7 Å². The number of halogens is 3. The fraction of sp³-hybridized carbons (Fsp3) is 0.357. The molecule has 1 atom stereocenters. The lowest BCUT2D eigenvalue weighted by atomic mass is 10.0. The number of allylic oxidation sites excluding steroid dienone is 1. The van der Waals surface area contributed by atoms with Gasteiger partial charge in [-0.15, -0.1) is 6.58 Å². The van der Waals surface area contributed by atoms with E-state index < -0.39 is 29.5 Å². The van der Waals surface area contributed by atoms with Crippen LogP contribution in [0.3, 0.4) is 0 Å². The molecule has 2 N–H and O–H groups in total. The molecule has 4 heterocycles. The molecule has 3 aromatic heterocycles. The average molecular weight is 567 g/mol. The van der Waals surface area contributed by atoms with Gasteiger partial charge in [0, 0.05) is 43.8 Å². The summed E-state index contributed by atoms with van der Waals surface area (Å²) in [6.45, 7) is 7.63. The molecule has 214 valence electrons. The number of anilines is 3. The molecule has 10 nitrogen and oxygen atoms in total. The summed E-state index contributed by atoms with van der Waals surface area (Å²) in [4.78, 5) is 30.9. The van der Waals surface area contributed by atoms with Crippen molar-refractivity contribution in [1.29, 1.82) is 0 Å². The number of hydrogen-bond acceptors (Lipinski definition) is 8. The molecule has 0 saturated carbocycles. The number of pyridine rings is 1. The standard InChI is InChI=1S/C28H29F3N8O2/c1-3-12-38-25(40)21-17-32-26(33-19-5-7-20(8-6-19)37-15-13-36(2)14-16-37)35-24(21)39(38)22-9-4-18-10-11-27(41,23(18)34-22)28(29,30)31/h3-9,17,41H,1,10-16H2,2H3,(H,32,33,35)/t27-/m0/s1. The van der Waals surface area contributed by atoms with Gasteiger partial charge in [-0.2, -0.15) is 18.2 Å². The van der Waals surface area contributed by atoms with Gasteiger partial charge in [-0.1, -0.05) is 12.1 Å². The second-order valence-electron chi connectivity index (χ2n) is 10.4. The van der Waals surface area contributed by atoms with E-state index in [1.165, 1.54) is 33.8 Å². The predicted octanol–water partition coefficient (Wildman–Crippen LogP) is 3.35. The van der Waals surface area contributed by atoms with Crippen molar-refractivity contribution in [2.24, 2.45) is 0 Å². The van der Waals surface area contributed by atoms with Gasteiger partial charge >= 0.3 is 6.18 Å². The van der Waals surface area contributed by atoms with Gasteiger partial charge in [-0.3, -0.25) is 4.79 Å². The summed E-state index contributed by atoms with van der Waals surface area (Å²) in [6, 6.07) is 10.9. The Morgan fingerprint density at radius 1 is 1.10 bits per heavy atom. The largest absolute Gasteiger partial charge is 0.423 e. The molecule has 1 aliphatic heterocycles. The number of hydrogen-bond donors (Lipinski definition) is 2. The van der Waals surface area contributed by atoms with Gasteiger partial charge in [0.05, 0.1) is 12.2 Å². The van der Waals surface area contributed by atoms with Crippen LogP contribution >= 0.6 is 0 Å². The number of likely N-dealkylation sites (N-methyl/N-ethyl adjacent to an activating group) is 1. The van der Waals surface area contributed by atoms with Crippen LogP contribution in [0.1, 0.15) is 17.7 Å². The Morgan fingerprint density at radius 2 is 1.83 bits per heavy atom. The van der Waals surface area contributed by atoms with Crippen LogP contribution in [0.2, 0.25) is 0 Å². The number of aromatic nitrogens is 5. The molecule has 2 aliphatic rings. The second kappa shape index (κ2) is 10.00. The number of nitrogens with one attached hydrogen (secondary N) is 1. The van der Waals surface area contributed by atoms with Crippen LogP contribution in [0.4, 0.5) is 30.5 Å². The SMILES string of the molecule is C=CCn1c(=O)c2cnc(Nc3ccc(N4CCN(C)CC4)cc3)nc2n1-c1ccc2c(n1)[C@](O)(C(F)(F)F)CC2. The second-order valence-corrected chi connectivity index (χ2v) is 10.4. The number of nitrogens with zero attached hydrogens (tertiary/aromatic N) is 7. The molecule has 13 heteroatoms. The van der Waals surface area contributed by atoms with Gasteiger partial charge in [0.15, 0.2) is 11.5 Å². The van der Waals surface area contributed by atoms with E-state index in [1.807, 2.05) is 24.3 Å². The third kappa shape index (κ3) is 4.64. The number of fused-ring (bicyclic) bond motifs is 2. The fourth-order valence-electron chi connectivity index (χ4n) is 5.42. The molecule has 41 heavy (non-hydrogen) atoms. The van der Waals surface area contributed by atoms with Crippen LogP contribution in [0, 0.1) is 0 Å². The number of piperazine rings is 1. The van der Waals surface area contributed by atoms with E-state index in [-0.39, 0.29) is 35.8 Å². The van der Waals surface area contributed by atoms with E-state index in [1.54, 1.807) is 0 Å². The fourth-order valence-corrected chi connectivity index (χ4v) is 5.42. The monoisotopic (exact) mass is 566 g/mol. The van der Waals surface area contributed by atoms with Gasteiger partial charge < -0.3 is 20.2 Å². The average Bonchev–Trinajstić information content (AvgIpc) is 3.44. The first-order valence-electron chi connectivity index (χ1n) is 13.3. The van der Waals surface area contributed by atoms with E-state index in [4.69, 9.17) is 0 Å². The van der Waals surface area contributed by atoms with Crippen molar-refractivity contribution in [3.8, 4) is 5.82 Å². The number of rotatable bonds is 6. The van der Waals surface area contributed by atoms with Gasteiger partial charge in [0.25, 0.3) is 5.56 Å². The van der Waals surface area contributed by atoms with E-state index in [0.717, 1.165) is 37.6 Å². The number of aryl methyl sites for hydroxylation is 1. The molecule has 1 aliphatic carbocycles. The normalized spacial score (nSPS) is 19.5. The maximum atomic E-state index is 13.8. The first kappa shape index (κ1) is 27.0. The Balaban J connectivity index is 1.37. The third-order valence-electron chi connectivity index (χ3n) is 7.77. The summed E-state index contributed by atoms with van der Waals surface area (Å²) in [5.41, 5.74) is -1.68. The molecule has 0 spiro atoms. The van der Waals surface area contributed by atoms with Crippen molar-refractivity contribution in [2.45, 2.75) is 31.2 Å². The number of benzene rings is 1. The number of alkyl halides is 3. The van der Waals surface area contributed by atoms with Crippen LogP contribution < -0.4 is 15.8 Å². The quantitative estimate of drug-likeness (QED) is 0.343. The highest BCUT2D eigenvalue weighted by molar-refractivity contribution is 5.77. The summed E-state index contributed by atoms with van der Waals surface area (Å²) >= 11 is 0. The molecule has 1 aromatic carbocycles. The van der Waals surface area contributed by atoms with Crippen LogP contribution in [0.25, 0.3) is 16.9 Å². The Hall–Kier alpha value is -4.23. The Bertz CT molecular complexity index is 1670. The Morgan fingerprint density at radius 3 is 2.51 bits per heavy atom. The smallest absolute Gasteiger partial charge is 0.375 e. The van der Waals surface area contributed by atoms with E-state index >= 15 is 0 Å². The van der Waals surface area contributed by atoms with Crippen molar-refractivity contribution >= 4 is 28.4 Å². The van der Waals surface area contributed by atoms with Gasteiger partial charge in [-0.05, 0) is 55.8 Å². The van der Waals surface area contributed by atoms with Crippen molar-refractivity contribution in [3.63, 3.8) is 0 Å². The Kier molecular flexibility index (Phi) is 6.57. The highest BCUT2D eigenvalue weighted by atomic mass is 19.4. The third-order valence-corrected chi connectivity index (χ3v) is 7.77. The Labute approximate surface area is 233 Å². The summed E-state index contributed by atoms with van der Waals surface area (Å²) < 4.78 is 44.1. The minimum absolute atomic E-state index is 0.0171. The lowest BCUT2D eigenvalue weighted by Gasteiger charge is -2.34. The molecular formula is C28H29F3N8O2. The molecular weight excluding hydrogens is 537 g/mol. The van der Waals surface area contributed by atoms with Crippen molar-refractivity contribution in [3.05, 3.63) is 76.9 Å². The summed E-state index contributed by atoms with van der Waals surface area (Å²) in [5.74, 6) is 0.214. The lowest BCUT2D eigenvalue weighted by Crippen LogP contribution is -2.44. The van der Waals surface area contributed by atoms with Crippen LogP contribution in [0.5, 0.6) is 0 Å². The van der Waals surface area contributed by atoms with Crippen molar-refractivity contribution < 1.29 is 18.3 Å². The highest BCUT2D eigenvalue weighted by Gasteiger charge is 2.59. The van der Waals surface area contributed by atoms with Crippen LogP contribution in [-0.4, -0.2) is 73.7 Å². The van der Waals surface area contributed by atoms with Gasteiger partial charge in [-0.25, -0.2) is 19.3 Å². The summed E-state index contributed by atoms with van der Waals surface area (Å²) in [6.07, 6.45) is -2.51. The van der Waals surface area contributed by atoms with Crippen LogP contribution in [-0.2, 0) is 18.6 Å². The molecule has 0 bridgehead atoms. The molecule has 0 amide bonds. The van der Waals surface area contributed by atoms with E-state index in [0.29, 0.717) is 5.56 Å². The zero-order chi connectivity index (χ0) is 28.9. The summed E-state index contributed by atoms with van der Waals surface area (Å²) in [5, 5.41) is 13.9. The molecule has 4 aromatic rings. The molecule has 0 radical (unpaired) electrons.